The summed E-state index contributed by atoms with van der Waals surface area (Å²) < 4.78 is 32.3. The van der Waals surface area contributed by atoms with Crippen LogP contribution in [0.1, 0.15) is 194 Å². The minimum absolute atomic E-state index is 0.274. The minimum Gasteiger partial charge on any atom is -0.387 e. The van der Waals surface area contributed by atoms with E-state index >= 15 is 0 Å². The minimum atomic E-state index is -4.43. The van der Waals surface area contributed by atoms with Crippen molar-refractivity contribution >= 4 is 16.0 Å². The number of allylic oxidation sites excluding steroid dienone is 3. The molecule has 0 aromatic carbocycles. The number of unbranched alkanes of at least 4 members (excludes halogenated alkanes) is 24. The summed E-state index contributed by atoms with van der Waals surface area (Å²) in [6.07, 6.45) is 38.2. The highest BCUT2D eigenvalue weighted by Gasteiger charge is 2.27. The van der Waals surface area contributed by atoms with Crippen LogP contribution in [-0.2, 0) is 14.9 Å². The zero-order valence-corrected chi connectivity index (χ0v) is 31.3. The van der Waals surface area contributed by atoms with E-state index in [0.29, 0.717) is 6.42 Å². The van der Waals surface area contributed by atoms with Crippen LogP contribution in [0.25, 0.3) is 0 Å². The van der Waals surface area contributed by atoms with Crippen LogP contribution >= 0.6 is 0 Å². The van der Waals surface area contributed by atoms with Crippen LogP contribution in [0.5, 0.6) is 0 Å². The van der Waals surface area contributed by atoms with Gasteiger partial charge in [-0.15, -0.1) is 0 Å². The van der Waals surface area contributed by atoms with Crippen molar-refractivity contribution in [3.8, 4) is 0 Å². The Hall–Kier alpha value is -1.22. The van der Waals surface area contributed by atoms with Crippen molar-refractivity contribution in [2.75, 3.05) is 5.75 Å². The van der Waals surface area contributed by atoms with Gasteiger partial charge in [-0.2, -0.15) is 8.42 Å². The lowest BCUT2D eigenvalue weighted by atomic mass is 10.0. The second-order valence-corrected chi connectivity index (χ2v) is 15.2. The third-order valence-corrected chi connectivity index (χ3v) is 9.76. The Bertz CT molecular complexity index is 860. The third kappa shape index (κ3) is 33.1. The van der Waals surface area contributed by atoms with Crippen molar-refractivity contribution in [2.45, 2.75) is 212 Å². The standard InChI is InChI=1S/C39H75NO6S/c1-3-5-7-9-11-13-14-15-16-17-18-19-20-21-22-23-24-26-28-30-32-34-38(42)39(43)40-36(35-47(44,45)46)37(41)33-31-29-27-25-12-10-8-6-4-2/h20-21,31,33,36-38,41-42H,3-19,22-30,32,34-35H2,1-2H3,(H,40,43)(H,44,45,46)/b21-20-,33-31+. The number of aliphatic hydroxyl groups is 2. The average Bonchev–Trinajstić information content (AvgIpc) is 3.03. The molecule has 278 valence electrons. The fourth-order valence-electron chi connectivity index (χ4n) is 5.92. The highest BCUT2D eigenvalue weighted by atomic mass is 32.2. The number of hydrogen-bond acceptors (Lipinski definition) is 5. The first-order valence-corrected chi connectivity index (χ1v) is 21.3. The summed E-state index contributed by atoms with van der Waals surface area (Å²) in [5, 5.41) is 23.3. The summed E-state index contributed by atoms with van der Waals surface area (Å²) >= 11 is 0. The fourth-order valence-corrected chi connectivity index (χ4v) is 6.66. The molecule has 0 spiro atoms. The molecule has 4 N–H and O–H groups in total. The quantitative estimate of drug-likeness (QED) is 0.0299. The summed E-state index contributed by atoms with van der Waals surface area (Å²) in [5.41, 5.74) is 0. The molecule has 0 saturated heterocycles. The van der Waals surface area contributed by atoms with Crippen LogP contribution in [0.2, 0.25) is 0 Å². The van der Waals surface area contributed by atoms with Gasteiger partial charge in [-0.25, -0.2) is 0 Å². The smallest absolute Gasteiger partial charge is 0.267 e. The summed E-state index contributed by atoms with van der Waals surface area (Å²) in [6.45, 7) is 4.46. The predicted molar refractivity (Wildman–Crippen MR) is 199 cm³/mol. The zero-order chi connectivity index (χ0) is 34.9. The van der Waals surface area contributed by atoms with Crippen molar-refractivity contribution in [3.05, 3.63) is 24.3 Å². The SMILES string of the molecule is CCCCCCCCC/C=C/C(O)C(CS(=O)(=O)O)NC(=O)C(O)CCCCCCCC/C=C\CCCCCCCCCCCCC. The molecule has 0 heterocycles. The first-order valence-electron chi connectivity index (χ1n) is 19.6. The molecule has 0 radical (unpaired) electrons. The topological polar surface area (TPSA) is 124 Å². The molecule has 47 heavy (non-hydrogen) atoms. The maximum atomic E-state index is 12.5. The summed E-state index contributed by atoms with van der Waals surface area (Å²) in [5.74, 6) is -1.54. The maximum absolute atomic E-state index is 12.5. The van der Waals surface area contributed by atoms with E-state index in [2.05, 4.69) is 31.3 Å². The molecule has 0 saturated carbocycles. The molecule has 0 fully saturated rings. The Kier molecular flexibility index (Phi) is 32.4. The monoisotopic (exact) mass is 686 g/mol. The first-order chi connectivity index (χ1) is 22.7. The van der Waals surface area contributed by atoms with Crippen LogP contribution in [-0.4, -0.2) is 53.1 Å². The molecule has 3 unspecified atom stereocenters. The largest absolute Gasteiger partial charge is 0.387 e. The molecule has 0 aromatic heterocycles. The van der Waals surface area contributed by atoms with Gasteiger partial charge in [-0.1, -0.05) is 173 Å². The van der Waals surface area contributed by atoms with Crippen LogP contribution in [0.4, 0.5) is 0 Å². The van der Waals surface area contributed by atoms with Gasteiger partial charge in [0.05, 0.1) is 17.9 Å². The lowest BCUT2D eigenvalue weighted by molar-refractivity contribution is -0.130. The fraction of sp³-hybridized carbons (Fsp3) is 0.872. The maximum Gasteiger partial charge on any atom is 0.267 e. The van der Waals surface area contributed by atoms with Crippen LogP contribution < -0.4 is 5.32 Å². The Morgan fingerprint density at radius 2 is 0.936 bits per heavy atom. The third-order valence-electron chi connectivity index (χ3n) is 8.98. The molecule has 3 atom stereocenters. The average molecular weight is 686 g/mol. The lowest BCUT2D eigenvalue weighted by Crippen LogP contribution is -2.50. The van der Waals surface area contributed by atoms with Crippen LogP contribution in [0.3, 0.4) is 0 Å². The second-order valence-electron chi connectivity index (χ2n) is 13.7. The molecule has 0 bridgehead atoms. The van der Waals surface area contributed by atoms with Gasteiger partial charge in [0.15, 0.2) is 0 Å². The Morgan fingerprint density at radius 3 is 1.34 bits per heavy atom. The summed E-state index contributed by atoms with van der Waals surface area (Å²) in [4.78, 5) is 12.5. The Morgan fingerprint density at radius 1 is 0.574 bits per heavy atom. The van der Waals surface area contributed by atoms with Gasteiger partial charge in [0.1, 0.15) is 6.10 Å². The van der Waals surface area contributed by atoms with E-state index in [1.54, 1.807) is 6.08 Å². The van der Waals surface area contributed by atoms with Crippen molar-refractivity contribution in [3.63, 3.8) is 0 Å². The molecule has 0 rings (SSSR count). The zero-order valence-electron chi connectivity index (χ0n) is 30.5. The number of carbonyl (C=O) groups is 1. The van der Waals surface area contributed by atoms with Gasteiger partial charge < -0.3 is 15.5 Å². The number of aliphatic hydroxyl groups excluding tert-OH is 2. The molecule has 0 aliphatic rings. The van der Waals surface area contributed by atoms with E-state index in [1.165, 1.54) is 128 Å². The molecular formula is C39H75NO6S. The summed E-state index contributed by atoms with van der Waals surface area (Å²) in [7, 11) is -4.43. The van der Waals surface area contributed by atoms with Crippen molar-refractivity contribution < 1.29 is 28.0 Å². The Balaban J connectivity index is 3.95. The predicted octanol–water partition coefficient (Wildman–Crippen LogP) is 10.2. The highest BCUT2D eigenvalue weighted by molar-refractivity contribution is 7.85. The number of hydrogen-bond donors (Lipinski definition) is 4. The van der Waals surface area contributed by atoms with E-state index < -0.39 is 40.0 Å². The number of nitrogens with one attached hydrogen (secondary N) is 1. The Labute approximate surface area is 290 Å². The normalized spacial score (nSPS) is 14.2. The van der Waals surface area contributed by atoms with Gasteiger partial charge in [0, 0.05) is 0 Å². The van der Waals surface area contributed by atoms with Gasteiger partial charge in [-0.3, -0.25) is 9.35 Å². The molecule has 1 amide bonds. The van der Waals surface area contributed by atoms with Gasteiger partial charge >= 0.3 is 0 Å². The van der Waals surface area contributed by atoms with Gasteiger partial charge in [-0.05, 0) is 44.9 Å². The van der Waals surface area contributed by atoms with Crippen LogP contribution in [0, 0.1) is 0 Å². The van der Waals surface area contributed by atoms with E-state index in [4.69, 9.17) is 0 Å². The number of rotatable bonds is 35. The summed E-state index contributed by atoms with van der Waals surface area (Å²) in [6, 6.07) is -1.23. The molecular weight excluding hydrogens is 610 g/mol. The first kappa shape index (κ1) is 45.8. The number of carbonyl (C=O) groups excluding carboxylic acids is 1. The van der Waals surface area contributed by atoms with Crippen molar-refractivity contribution in [2.24, 2.45) is 0 Å². The molecule has 7 nitrogen and oxygen atoms in total. The molecule has 0 aliphatic carbocycles. The molecule has 0 aliphatic heterocycles. The van der Waals surface area contributed by atoms with Gasteiger partial charge in [0.2, 0.25) is 5.91 Å². The van der Waals surface area contributed by atoms with Gasteiger partial charge in [0.25, 0.3) is 10.1 Å². The molecule has 8 heteroatoms. The highest BCUT2D eigenvalue weighted by Crippen LogP contribution is 2.14. The molecule has 0 aromatic rings. The van der Waals surface area contributed by atoms with E-state index in [9.17, 15) is 28.0 Å². The van der Waals surface area contributed by atoms with E-state index in [0.717, 1.165) is 44.9 Å². The van der Waals surface area contributed by atoms with E-state index in [1.807, 2.05) is 0 Å². The van der Waals surface area contributed by atoms with E-state index in [-0.39, 0.29) is 6.42 Å². The van der Waals surface area contributed by atoms with Crippen LogP contribution in [0.15, 0.2) is 24.3 Å². The second kappa shape index (κ2) is 33.3. The van der Waals surface area contributed by atoms with Crippen molar-refractivity contribution in [1.82, 2.24) is 5.32 Å². The number of amides is 1. The van der Waals surface area contributed by atoms with Crippen molar-refractivity contribution in [1.29, 1.82) is 0 Å². The lowest BCUT2D eigenvalue weighted by Gasteiger charge is -2.22.